The van der Waals surface area contributed by atoms with Crippen LogP contribution in [0.4, 0.5) is 30.5 Å². The maximum atomic E-state index is 12.5. The van der Waals surface area contributed by atoms with Gasteiger partial charge in [0, 0.05) is 44.7 Å². The van der Waals surface area contributed by atoms with Crippen molar-refractivity contribution >= 4 is 29.1 Å². The smallest absolute Gasteiger partial charge is 0.362 e. The fourth-order valence-electron chi connectivity index (χ4n) is 2.96. The van der Waals surface area contributed by atoms with Gasteiger partial charge in [-0.3, -0.25) is 30.1 Å². The second-order valence-corrected chi connectivity index (χ2v) is 6.41. The maximum Gasteiger partial charge on any atom is 0.451 e. The molecule has 2 N–H and O–H groups in total. The molecule has 1 aliphatic heterocycles. The van der Waals surface area contributed by atoms with E-state index in [1.54, 1.807) is 14.9 Å². The van der Waals surface area contributed by atoms with Gasteiger partial charge in [0.15, 0.2) is 0 Å². The third-order valence-electron chi connectivity index (χ3n) is 4.48. The van der Waals surface area contributed by atoms with Crippen LogP contribution in [0, 0.1) is 10.1 Å². The zero-order chi connectivity index (χ0) is 22.1. The van der Waals surface area contributed by atoms with Crippen molar-refractivity contribution in [2.45, 2.75) is 13.1 Å². The van der Waals surface area contributed by atoms with Crippen molar-refractivity contribution in [2.24, 2.45) is 0 Å². The Morgan fingerprint density at radius 3 is 2.43 bits per heavy atom. The largest absolute Gasteiger partial charge is 0.451 e. The van der Waals surface area contributed by atoms with Crippen molar-refractivity contribution in [1.29, 1.82) is 0 Å². The SMILES string of the molecule is CC(=O)N1CCN(c2ccc(C(=O)Nc3n[nH]c(C(F)(F)F)n3)cc2[N+](=O)[O-])CC1. The molecule has 1 saturated heterocycles. The number of nitrogens with zero attached hydrogens (tertiary/aromatic N) is 5. The molecule has 0 radical (unpaired) electrons. The lowest BCUT2D eigenvalue weighted by molar-refractivity contribution is -0.384. The Bertz CT molecular complexity index is 983. The van der Waals surface area contributed by atoms with Gasteiger partial charge in [-0.2, -0.15) is 18.2 Å². The number of hydrogen-bond acceptors (Lipinski definition) is 7. The second kappa shape index (κ2) is 7.96. The standard InChI is InChI=1S/C16H16F3N7O4/c1-9(27)24-4-6-25(7-5-24)11-3-2-10(8-12(11)26(29)30)13(28)20-15-21-14(22-23-15)16(17,18)19/h2-3,8H,4-7H2,1H3,(H2,20,21,22,23,28). The molecule has 160 valence electrons. The van der Waals surface area contributed by atoms with Crippen molar-refractivity contribution in [3.63, 3.8) is 0 Å². The average Bonchev–Trinajstić information content (AvgIpc) is 3.16. The molecule has 3 rings (SSSR count). The summed E-state index contributed by atoms with van der Waals surface area (Å²) in [7, 11) is 0. The second-order valence-electron chi connectivity index (χ2n) is 6.41. The van der Waals surface area contributed by atoms with Gasteiger partial charge < -0.3 is 9.80 Å². The van der Waals surface area contributed by atoms with Gasteiger partial charge >= 0.3 is 6.18 Å². The van der Waals surface area contributed by atoms with E-state index in [1.165, 1.54) is 19.1 Å². The van der Waals surface area contributed by atoms with Crippen molar-refractivity contribution in [2.75, 3.05) is 36.4 Å². The molecule has 2 aromatic rings. The number of carbonyl (C=O) groups is 2. The molecule has 0 unspecified atom stereocenters. The van der Waals surface area contributed by atoms with E-state index < -0.39 is 28.8 Å². The molecule has 1 aromatic carbocycles. The molecule has 0 spiro atoms. The van der Waals surface area contributed by atoms with Crippen LogP contribution in [0.5, 0.6) is 0 Å². The summed E-state index contributed by atoms with van der Waals surface area (Å²) in [6, 6.07) is 3.72. The Labute approximate surface area is 167 Å². The molecule has 2 amide bonds. The number of nitrogens with one attached hydrogen (secondary N) is 2. The molecule has 0 aliphatic carbocycles. The fraction of sp³-hybridized carbons (Fsp3) is 0.375. The molecule has 1 aliphatic rings. The van der Waals surface area contributed by atoms with Gasteiger partial charge in [0.25, 0.3) is 11.6 Å². The van der Waals surface area contributed by atoms with Crippen molar-refractivity contribution < 1.29 is 27.7 Å². The number of carbonyl (C=O) groups excluding carboxylic acids is 2. The Hall–Kier alpha value is -3.71. The molecular weight excluding hydrogens is 411 g/mol. The molecule has 11 nitrogen and oxygen atoms in total. The highest BCUT2D eigenvalue weighted by Crippen LogP contribution is 2.31. The monoisotopic (exact) mass is 427 g/mol. The topological polar surface area (TPSA) is 137 Å². The number of hydrogen-bond donors (Lipinski definition) is 2. The van der Waals surface area contributed by atoms with Gasteiger partial charge in [0.05, 0.1) is 4.92 Å². The molecule has 30 heavy (non-hydrogen) atoms. The summed E-state index contributed by atoms with van der Waals surface area (Å²) in [6.07, 6.45) is -4.76. The first-order valence-electron chi connectivity index (χ1n) is 8.66. The number of benzene rings is 1. The molecule has 1 aromatic heterocycles. The van der Waals surface area contributed by atoms with Crippen LogP contribution in [-0.2, 0) is 11.0 Å². The molecule has 14 heteroatoms. The highest BCUT2D eigenvalue weighted by Gasteiger charge is 2.35. The molecule has 0 atom stereocenters. The summed E-state index contributed by atoms with van der Waals surface area (Å²) in [5.74, 6) is -2.99. The quantitative estimate of drug-likeness (QED) is 0.559. The lowest BCUT2D eigenvalue weighted by Gasteiger charge is -2.35. The Balaban J connectivity index is 1.78. The highest BCUT2D eigenvalue weighted by molar-refractivity contribution is 6.04. The van der Waals surface area contributed by atoms with E-state index in [4.69, 9.17) is 0 Å². The zero-order valence-electron chi connectivity index (χ0n) is 15.6. The van der Waals surface area contributed by atoms with E-state index in [0.29, 0.717) is 26.2 Å². The highest BCUT2D eigenvalue weighted by atomic mass is 19.4. The number of aromatic amines is 1. The minimum absolute atomic E-state index is 0.0863. The summed E-state index contributed by atoms with van der Waals surface area (Å²) in [6.45, 7) is 3.01. The molecule has 2 heterocycles. The van der Waals surface area contributed by atoms with Gasteiger partial charge in [-0.15, -0.1) is 5.10 Å². The number of H-pyrrole nitrogens is 1. The van der Waals surface area contributed by atoms with Gasteiger partial charge in [-0.25, -0.2) is 0 Å². The van der Waals surface area contributed by atoms with Crippen LogP contribution in [-0.4, -0.2) is 63.0 Å². The Morgan fingerprint density at radius 2 is 1.90 bits per heavy atom. The first-order valence-corrected chi connectivity index (χ1v) is 8.66. The third kappa shape index (κ3) is 4.47. The lowest BCUT2D eigenvalue weighted by Crippen LogP contribution is -2.48. The summed E-state index contributed by atoms with van der Waals surface area (Å²) in [5.41, 5.74) is -0.215. The predicted molar refractivity (Wildman–Crippen MR) is 96.9 cm³/mol. The van der Waals surface area contributed by atoms with Gasteiger partial charge in [0.1, 0.15) is 5.69 Å². The van der Waals surface area contributed by atoms with E-state index in [2.05, 4.69) is 15.4 Å². The maximum absolute atomic E-state index is 12.5. The third-order valence-corrected chi connectivity index (χ3v) is 4.48. The number of nitro benzene ring substituents is 1. The number of alkyl halides is 3. The van der Waals surface area contributed by atoms with Crippen LogP contribution in [0.3, 0.4) is 0 Å². The van der Waals surface area contributed by atoms with Crippen LogP contribution in [0.1, 0.15) is 23.1 Å². The first-order chi connectivity index (χ1) is 14.1. The Morgan fingerprint density at radius 1 is 1.23 bits per heavy atom. The predicted octanol–water partition coefficient (Wildman–Crippen LogP) is 1.65. The molecular formula is C16H16F3N7O4. The van der Waals surface area contributed by atoms with Crippen LogP contribution in [0.25, 0.3) is 0 Å². The first kappa shape index (κ1) is 21.0. The number of rotatable bonds is 4. The lowest BCUT2D eigenvalue weighted by atomic mass is 10.1. The molecule has 0 saturated carbocycles. The van der Waals surface area contributed by atoms with Crippen molar-refractivity contribution in [3.8, 4) is 0 Å². The van der Waals surface area contributed by atoms with E-state index in [9.17, 15) is 32.9 Å². The molecule has 1 fully saturated rings. The Kier molecular flexibility index (Phi) is 5.58. The van der Waals surface area contributed by atoms with E-state index in [0.717, 1.165) is 6.07 Å². The number of halogens is 3. The van der Waals surface area contributed by atoms with E-state index in [-0.39, 0.29) is 22.8 Å². The van der Waals surface area contributed by atoms with Gasteiger partial charge in [0.2, 0.25) is 17.7 Å². The number of nitro groups is 1. The van der Waals surface area contributed by atoms with E-state index in [1.807, 2.05) is 0 Å². The number of anilines is 2. The van der Waals surface area contributed by atoms with Crippen molar-refractivity contribution in [1.82, 2.24) is 20.1 Å². The normalized spacial score (nSPS) is 14.5. The number of amides is 2. The number of aromatic nitrogens is 3. The summed E-state index contributed by atoms with van der Waals surface area (Å²) in [5, 5.41) is 18.5. The minimum atomic E-state index is -4.76. The van der Waals surface area contributed by atoms with Crippen LogP contribution < -0.4 is 10.2 Å². The fourth-order valence-corrected chi connectivity index (χ4v) is 2.96. The summed E-state index contributed by atoms with van der Waals surface area (Å²) in [4.78, 5) is 41.0. The van der Waals surface area contributed by atoms with Crippen LogP contribution in [0.2, 0.25) is 0 Å². The van der Waals surface area contributed by atoms with Crippen molar-refractivity contribution in [3.05, 3.63) is 39.7 Å². The van der Waals surface area contributed by atoms with Gasteiger partial charge in [-0.05, 0) is 12.1 Å². The summed E-state index contributed by atoms with van der Waals surface area (Å²) >= 11 is 0. The summed E-state index contributed by atoms with van der Waals surface area (Å²) < 4.78 is 37.6. The average molecular weight is 427 g/mol. The van der Waals surface area contributed by atoms with Crippen LogP contribution in [0.15, 0.2) is 18.2 Å². The number of piperazine rings is 1. The van der Waals surface area contributed by atoms with Crippen LogP contribution >= 0.6 is 0 Å². The van der Waals surface area contributed by atoms with E-state index >= 15 is 0 Å². The molecule has 0 bridgehead atoms. The van der Waals surface area contributed by atoms with Gasteiger partial charge in [-0.1, -0.05) is 0 Å². The minimum Gasteiger partial charge on any atom is -0.362 e. The zero-order valence-corrected chi connectivity index (χ0v) is 15.6.